The number of carbonyl (C=O) groups is 1. The van der Waals surface area contributed by atoms with E-state index in [2.05, 4.69) is 29.2 Å². The van der Waals surface area contributed by atoms with Crippen molar-refractivity contribution in [3.05, 3.63) is 84.1 Å². The molecule has 0 aliphatic rings. The minimum absolute atomic E-state index is 0.447. The van der Waals surface area contributed by atoms with Crippen LogP contribution in [-0.2, 0) is 17.6 Å². The van der Waals surface area contributed by atoms with Crippen molar-refractivity contribution in [2.24, 2.45) is 5.92 Å². The lowest BCUT2D eigenvalue weighted by Crippen LogP contribution is -2.12. The summed E-state index contributed by atoms with van der Waals surface area (Å²) in [5.41, 5.74) is 5.24. The quantitative estimate of drug-likeness (QED) is 0.356. The largest absolute Gasteiger partial charge is 0.497 e. The molecule has 0 aliphatic heterocycles. The number of hydrogen-bond acceptors (Lipinski definition) is 3. The van der Waals surface area contributed by atoms with E-state index in [1.54, 1.807) is 14.0 Å². The zero-order valence-corrected chi connectivity index (χ0v) is 18.3. The zero-order chi connectivity index (χ0) is 22.5. The van der Waals surface area contributed by atoms with Crippen molar-refractivity contribution < 1.29 is 19.4 Å². The van der Waals surface area contributed by atoms with Gasteiger partial charge in [-0.3, -0.25) is 4.79 Å². The molecule has 4 aromatic rings. The van der Waals surface area contributed by atoms with E-state index in [-0.39, 0.29) is 0 Å². The number of aromatic amines is 1. The summed E-state index contributed by atoms with van der Waals surface area (Å²) in [6.45, 7) is 2.27. The van der Waals surface area contributed by atoms with E-state index in [4.69, 9.17) is 9.47 Å². The first-order chi connectivity index (χ1) is 15.5. The second kappa shape index (κ2) is 9.60. The molecule has 1 unspecified atom stereocenters. The number of benzene rings is 3. The van der Waals surface area contributed by atoms with Crippen molar-refractivity contribution in [3.63, 3.8) is 0 Å². The summed E-state index contributed by atoms with van der Waals surface area (Å²) in [6.07, 6.45) is 3.17. The highest BCUT2D eigenvalue weighted by molar-refractivity contribution is 5.86. The van der Waals surface area contributed by atoms with Crippen LogP contribution in [0.2, 0.25) is 0 Å². The Labute approximate surface area is 187 Å². The van der Waals surface area contributed by atoms with Gasteiger partial charge in [0.1, 0.15) is 11.5 Å². The summed E-state index contributed by atoms with van der Waals surface area (Å²) in [6, 6.07) is 22.2. The summed E-state index contributed by atoms with van der Waals surface area (Å²) < 4.78 is 11.4. The smallest absolute Gasteiger partial charge is 0.306 e. The van der Waals surface area contributed by atoms with Gasteiger partial charge in [-0.25, -0.2) is 0 Å². The molecule has 0 saturated heterocycles. The molecule has 1 heterocycles. The molecule has 1 atom stereocenters. The van der Waals surface area contributed by atoms with Crippen LogP contribution in [0.3, 0.4) is 0 Å². The van der Waals surface area contributed by atoms with Gasteiger partial charge in [0, 0.05) is 23.7 Å². The van der Waals surface area contributed by atoms with E-state index in [0.29, 0.717) is 13.0 Å². The molecular weight excluding hydrogens is 402 g/mol. The number of nitrogens with one attached hydrogen (secondary N) is 1. The number of methoxy groups -OCH3 is 1. The second-order valence-electron chi connectivity index (χ2n) is 8.00. The molecule has 0 radical (unpaired) electrons. The minimum atomic E-state index is -0.792. The van der Waals surface area contributed by atoms with Crippen LogP contribution in [0, 0.1) is 5.92 Å². The van der Waals surface area contributed by atoms with Crippen LogP contribution >= 0.6 is 0 Å². The average Bonchev–Trinajstić information content (AvgIpc) is 3.28. The third kappa shape index (κ3) is 4.94. The van der Waals surface area contributed by atoms with Gasteiger partial charge in [0.25, 0.3) is 0 Å². The molecule has 5 heteroatoms. The SMILES string of the molecule is COc1ccc(CCOc2ccc(CC(C)C(=O)O)cc2-c2ccc3[nH]ccc3c2)cc1. The highest BCUT2D eigenvalue weighted by Crippen LogP contribution is 2.34. The summed E-state index contributed by atoms with van der Waals surface area (Å²) >= 11 is 0. The summed E-state index contributed by atoms with van der Waals surface area (Å²) in [7, 11) is 1.66. The molecular formula is C27H27NO4. The Bertz CT molecular complexity index is 1210. The standard InChI is InChI=1S/C27H27NO4/c1-18(27(29)30)15-20-5-10-26(32-14-12-19-3-7-23(31-2)8-4-19)24(16-20)21-6-9-25-22(17-21)11-13-28-25/h3-11,13,16-18,28H,12,14-15H2,1-2H3,(H,29,30). The van der Waals surface area contributed by atoms with Crippen LogP contribution in [-0.4, -0.2) is 29.8 Å². The van der Waals surface area contributed by atoms with Crippen LogP contribution in [0.5, 0.6) is 11.5 Å². The van der Waals surface area contributed by atoms with E-state index in [1.807, 2.05) is 48.7 Å². The molecule has 32 heavy (non-hydrogen) atoms. The maximum absolute atomic E-state index is 11.3. The van der Waals surface area contributed by atoms with Crippen LogP contribution < -0.4 is 9.47 Å². The maximum Gasteiger partial charge on any atom is 0.306 e. The van der Waals surface area contributed by atoms with Crippen LogP contribution in [0.15, 0.2) is 72.9 Å². The van der Waals surface area contributed by atoms with Crippen molar-refractivity contribution >= 4 is 16.9 Å². The monoisotopic (exact) mass is 429 g/mol. The highest BCUT2D eigenvalue weighted by Gasteiger charge is 2.15. The van der Waals surface area contributed by atoms with E-state index < -0.39 is 11.9 Å². The summed E-state index contributed by atoms with van der Waals surface area (Å²) in [4.78, 5) is 14.5. The fraction of sp³-hybridized carbons (Fsp3) is 0.222. The number of hydrogen-bond donors (Lipinski definition) is 2. The lowest BCUT2D eigenvalue weighted by Gasteiger charge is -2.15. The molecule has 0 saturated carbocycles. The van der Waals surface area contributed by atoms with Gasteiger partial charge in [0.15, 0.2) is 0 Å². The molecule has 0 bridgehead atoms. The van der Waals surface area contributed by atoms with Crippen molar-refractivity contribution in [2.75, 3.05) is 13.7 Å². The van der Waals surface area contributed by atoms with Gasteiger partial charge < -0.3 is 19.6 Å². The number of rotatable bonds is 9. The zero-order valence-electron chi connectivity index (χ0n) is 18.3. The van der Waals surface area contributed by atoms with E-state index in [9.17, 15) is 9.90 Å². The minimum Gasteiger partial charge on any atom is -0.497 e. The van der Waals surface area contributed by atoms with Gasteiger partial charge in [-0.2, -0.15) is 0 Å². The van der Waals surface area contributed by atoms with Gasteiger partial charge in [-0.15, -0.1) is 0 Å². The Morgan fingerprint density at radius 3 is 2.53 bits per heavy atom. The first-order valence-corrected chi connectivity index (χ1v) is 10.7. The fourth-order valence-corrected chi connectivity index (χ4v) is 3.79. The third-order valence-corrected chi connectivity index (χ3v) is 5.68. The number of H-pyrrole nitrogens is 1. The fourth-order valence-electron chi connectivity index (χ4n) is 3.79. The van der Waals surface area contributed by atoms with Crippen molar-refractivity contribution in [1.82, 2.24) is 4.98 Å². The Balaban J connectivity index is 1.58. The van der Waals surface area contributed by atoms with Crippen molar-refractivity contribution in [1.29, 1.82) is 0 Å². The normalized spacial score (nSPS) is 11.9. The molecule has 0 fully saturated rings. The number of carboxylic acid groups (broad SMARTS) is 1. The number of carboxylic acids is 1. The summed E-state index contributed by atoms with van der Waals surface area (Å²) in [5.74, 6) is 0.389. The molecule has 3 aromatic carbocycles. The molecule has 2 N–H and O–H groups in total. The van der Waals surface area contributed by atoms with Gasteiger partial charge in [-0.1, -0.05) is 31.2 Å². The molecule has 4 rings (SSSR count). The van der Waals surface area contributed by atoms with Crippen molar-refractivity contribution in [3.8, 4) is 22.6 Å². The number of fused-ring (bicyclic) bond motifs is 1. The topological polar surface area (TPSA) is 71.6 Å². The second-order valence-corrected chi connectivity index (χ2v) is 8.00. The van der Waals surface area contributed by atoms with Crippen LogP contribution in [0.1, 0.15) is 18.1 Å². The molecule has 0 spiro atoms. The lowest BCUT2D eigenvalue weighted by atomic mass is 9.96. The summed E-state index contributed by atoms with van der Waals surface area (Å²) in [5, 5.41) is 10.4. The molecule has 1 aromatic heterocycles. The lowest BCUT2D eigenvalue weighted by molar-refractivity contribution is -0.141. The number of aliphatic carboxylic acids is 1. The molecule has 0 amide bonds. The third-order valence-electron chi connectivity index (χ3n) is 5.68. The Morgan fingerprint density at radius 2 is 1.78 bits per heavy atom. The molecule has 5 nitrogen and oxygen atoms in total. The average molecular weight is 430 g/mol. The van der Waals surface area contributed by atoms with E-state index in [1.165, 1.54) is 5.56 Å². The van der Waals surface area contributed by atoms with Crippen LogP contribution in [0.4, 0.5) is 0 Å². The maximum atomic E-state index is 11.3. The van der Waals surface area contributed by atoms with Crippen LogP contribution in [0.25, 0.3) is 22.0 Å². The first-order valence-electron chi connectivity index (χ1n) is 10.7. The van der Waals surface area contributed by atoms with Crippen molar-refractivity contribution in [2.45, 2.75) is 19.8 Å². The van der Waals surface area contributed by atoms with Gasteiger partial charge in [0.2, 0.25) is 0 Å². The number of aromatic nitrogens is 1. The molecule has 0 aliphatic carbocycles. The Kier molecular flexibility index (Phi) is 6.45. The first kappa shape index (κ1) is 21.5. The number of ether oxygens (including phenoxy) is 2. The predicted molar refractivity (Wildman–Crippen MR) is 126 cm³/mol. The Hall–Kier alpha value is -3.73. The Morgan fingerprint density at radius 1 is 1.00 bits per heavy atom. The highest BCUT2D eigenvalue weighted by atomic mass is 16.5. The van der Waals surface area contributed by atoms with Gasteiger partial charge in [-0.05, 0) is 71.0 Å². The molecule has 164 valence electrons. The van der Waals surface area contributed by atoms with Gasteiger partial charge >= 0.3 is 5.97 Å². The predicted octanol–water partition coefficient (Wildman–Crippen LogP) is 5.73. The van der Waals surface area contributed by atoms with Gasteiger partial charge in [0.05, 0.1) is 19.6 Å². The van der Waals surface area contributed by atoms with E-state index >= 15 is 0 Å². The van der Waals surface area contributed by atoms with E-state index in [0.717, 1.165) is 45.5 Å².